The van der Waals surface area contributed by atoms with Gasteiger partial charge in [0.05, 0.1) is 29.1 Å². The van der Waals surface area contributed by atoms with Crippen LogP contribution in [-0.2, 0) is 4.74 Å². The van der Waals surface area contributed by atoms with E-state index in [0.29, 0.717) is 12.2 Å². The zero-order valence-corrected chi connectivity index (χ0v) is 12.4. The van der Waals surface area contributed by atoms with Crippen molar-refractivity contribution < 1.29 is 9.53 Å². The molecule has 0 bridgehead atoms. The van der Waals surface area contributed by atoms with E-state index in [1.165, 1.54) is 0 Å². The van der Waals surface area contributed by atoms with Crippen LogP contribution in [0.3, 0.4) is 0 Å². The van der Waals surface area contributed by atoms with Crippen molar-refractivity contribution in [3.05, 3.63) is 24.0 Å². The summed E-state index contributed by atoms with van der Waals surface area (Å²) in [5, 5.41) is 6.34. The van der Waals surface area contributed by atoms with Gasteiger partial charge in [0.1, 0.15) is 0 Å². The number of amides is 1. The number of ether oxygens (including phenoxy) is 1. The van der Waals surface area contributed by atoms with Crippen molar-refractivity contribution in [2.75, 3.05) is 18.5 Å². The van der Waals surface area contributed by atoms with Gasteiger partial charge >= 0.3 is 0 Å². The number of pyridine rings is 1. The first kappa shape index (κ1) is 14.8. The summed E-state index contributed by atoms with van der Waals surface area (Å²) < 4.78 is 5.56. The van der Waals surface area contributed by atoms with Crippen LogP contribution in [-0.4, -0.2) is 35.7 Å². The molecule has 2 heterocycles. The lowest BCUT2D eigenvalue weighted by Gasteiger charge is -2.29. The molecule has 1 aromatic heterocycles. The van der Waals surface area contributed by atoms with Crippen LogP contribution in [0.2, 0.25) is 0 Å². The first-order valence-electron chi connectivity index (χ1n) is 7.19. The molecule has 1 aliphatic rings. The summed E-state index contributed by atoms with van der Waals surface area (Å²) in [5.74, 6) is -0.0779. The van der Waals surface area contributed by atoms with Crippen LogP contribution in [0.5, 0.6) is 0 Å². The molecular weight excluding hydrogens is 254 g/mol. The summed E-state index contributed by atoms with van der Waals surface area (Å²) in [7, 11) is 0. The lowest BCUT2D eigenvalue weighted by atomic mass is 9.94. The van der Waals surface area contributed by atoms with E-state index in [9.17, 15) is 4.79 Å². The minimum atomic E-state index is -0.303. The van der Waals surface area contributed by atoms with Gasteiger partial charge in [0.2, 0.25) is 0 Å². The molecule has 0 saturated carbocycles. The van der Waals surface area contributed by atoms with E-state index in [0.717, 1.165) is 25.1 Å². The molecular formula is C15H23N3O2. The number of anilines is 1. The Bertz CT molecular complexity index is 478. The van der Waals surface area contributed by atoms with E-state index in [1.807, 2.05) is 13.8 Å². The number of hydrogen-bond donors (Lipinski definition) is 2. The Morgan fingerprint density at radius 3 is 3.05 bits per heavy atom. The second kappa shape index (κ2) is 6.22. The summed E-state index contributed by atoms with van der Waals surface area (Å²) in [6, 6.07) is 1.75. The molecule has 5 nitrogen and oxygen atoms in total. The van der Waals surface area contributed by atoms with Crippen LogP contribution in [0.25, 0.3) is 0 Å². The summed E-state index contributed by atoms with van der Waals surface area (Å²) in [4.78, 5) is 16.6. The van der Waals surface area contributed by atoms with Crippen LogP contribution in [0.15, 0.2) is 18.5 Å². The maximum Gasteiger partial charge on any atom is 0.254 e. The van der Waals surface area contributed by atoms with E-state index in [2.05, 4.69) is 22.5 Å². The number of rotatable bonds is 5. The van der Waals surface area contributed by atoms with Gasteiger partial charge < -0.3 is 15.4 Å². The smallest absolute Gasteiger partial charge is 0.254 e. The van der Waals surface area contributed by atoms with Gasteiger partial charge in [0.25, 0.3) is 5.91 Å². The van der Waals surface area contributed by atoms with Crippen LogP contribution in [0.4, 0.5) is 5.69 Å². The fourth-order valence-corrected chi connectivity index (χ4v) is 2.32. The molecule has 1 saturated heterocycles. The molecule has 0 radical (unpaired) electrons. The summed E-state index contributed by atoms with van der Waals surface area (Å²) >= 11 is 0. The molecule has 110 valence electrons. The normalized spacial score (nSPS) is 25.4. The van der Waals surface area contributed by atoms with Crippen molar-refractivity contribution >= 4 is 11.6 Å². The number of carbonyl (C=O) groups is 1. The number of nitrogens with zero attached hydrogens (tertiary/aromatic N) is 1. The average Bonchev–Trinajstić information content (AvgIpc) is 2.76. The number of hydrogen-bond acceptors (Lipinski definition) is 4. The van der Waals surface area contributed by atoms with E-state index in [1.54, 1.807) is 18.5 Å². The molecule has 0 aromatic carbocycles. The van der Waals surface area contributed by atoms with E-state index >= 15 is 0 Å². The Balaban J connectivity index is 2.13. The third-order valence-electron chi connectivity index (χ3n) is 3.92. The second-order valence-corrected chi connectivity index (χ2v) is 5.48. The van der Waals surface area contributed by atoms with Gasteiger partial charge in [-0.25, -0.2) is 0 Å². The van der Waals surface area contributed by atoms with Crippen LogP contribution in [0.1, 0.15) is 44.0 Å². The Labute approximate surface area is 120 Å². The van der Waals surface area contributed by atoms with Crippen LogP contribution >= 0.6 is 0 Å². The minimum absolute atomic E-state index is 0.0281. The number of nitrogens with one attached hydrogen (secondary N) is 2. The monoisotopic (exact) mass is 277 g/mol. The molecule has 0 aliphatic carbocycles. The fraction of sp³-hybridized carbons (Fsp3) is 0.600. The highest BCUT2D eigenvalue weighted by atomic mass is 16.5. The maximum absolute atomic E-state index is 12.5. The minimum Gasteiger partial charge on any atom is -0.383 e. The third kappa shape index (κ3) is 3.10. The topological polar surface area (TPSA) is 63.2 Å². The molecule has 2 rings (SSSR count). The molecule has 2 unspecified atom stereocenters. The molecule has 1 aromatic rings. The van der Waals surface area contributed by atoms with Crippen molar-refractivity contribution in [3.8, 4) is 0 Å². The predicted octanol–water partition coefficient (Wildman–Crippen LogP) is 2.20. The quantitative estimate of drug-likeness (QED) is 0.866. The first-order chi connectivity index (χ1) is 9.57. The molecule has 1 amide bonds. The van der Waals surface area contributed by atoms with Crippen molar-refractivity contribution in [2.45, 2.75) is 45.3 Å². The fourth-order valence-electron chi connectivity index (χ4n) is 2.32. The summed E-state index contributed by atoms with van der Waals surface area (Å²) in [6.07, 6.45) is 5.20. The zero-order valence-electron chi connectivity index (χ0n) is 12.4. The van der Waals surface area contributed by atoms with E-state index in [-0.39, 0.29) is 17.6 Å². The molecule has 1 fully saturated rings. The van der Waals surface area contributed by atoms with Gasteiger partial charge in [-0.15, -0.1) is 0 Å². The number of carbonyl (C=O) groups excluding carboxylic acids is 1. The van der Waals surface area contributed by atoms with Gasteiger partial charge in [0, 0.05) is 19.3 Å². The van der Waals surface area contributed by atoms with Gasteiger partial charge in [-0.3, -0.25) is 9.78 Å². The SMILES string of the molecule is CCCNc1cnccc1C(=O)NC1(C)CCOC1C. The lowest BCUT2D eigenvalue weighted by Crippen LogP contribution is -2.50. The Kier molecular flexibility index (Phi) is 4.60. The molecule has 20 heavy (non-hydrogen) atoms. The summed E-state index contributed by atoms with van der Waals surface area (Å²) in [6.45, 7) is 7.62. The Hall–Kier alpha value is -1.62. The largest absolute Gasteiger partial charge is 0.383 e. The highest BCUT2D eigenvalue weighted by Gasteiger charge is 2.38. The van der Waals surface area contributed by atoms with Crippen molar-refractivity contribution in [2.24, 2.45) is 0 Å². The molecule has 1 aliphatic heterocycles. The Morgan fingerprint density at radius 1 is 1.60 bits per heavy atom. The van der Waals surface area contributed by atoms with Gasteiger partial charge in [-0.2, -0.15) is 0 Å². The van der Waals surface area contributed by atoms with Crippen molar-refractivity contribution in [1.82, 2.24) is 10.3 Å². The number of aromatic nitrogens is 1. The van der Waals surface area contributed by atoms with Gasteiger partial charge in [-0.1, -0.05) is 6.92 Å². The second-order valence-electron chi connectivity index (χ2n) is 5.48. The molecule has 2 N–H and O–H groups in total. The predicted molar refractivity (Wildman–Crippen MR) is 78.9 cm³/mol. The summed E-state index contributed by atoms with van der Waals surface area (Å²) in [5.41, 5.74) is 1.11. The van der Waals surface area contributed by atoms with Gasteiger partial charge in [0.15, 0.2) is 0 Å². The van der Waals surface area contributed by atoms with E-state index < -0.39 is 0 Å². The van der Waals surface area contributed by atoms with Crippen molar-refractivity contribution in [1.29, 1.82) is 0 Å². The van der Waals surface area contributed by atoms with Crippen LogP contribution < -0.4 is 10.6 Å². The average molecular weight is 277 g/mol. The maximum atomic E-state index is 12.5. The highest BCUT2D eigenvalue weighted by Crippen LogP contribution is 2.26. The third-order valence-corrected chi connectivity index (χ3v) is 3.92. The standard InChI is InChI=1S/C15H23N3O2/c1-4-7-17-13-10-16-8-5-12(13)14(19)18-15(3)6-9-20-11(15)2/h5,8,10-11,17H,4,6-7,9H2,1-3H3,(H,18,19). The van der Waals surface area contributed by atoms with Gasteiger partial charge in [-0.05, 0) is 32.8 Å². The van der Waals surface area contributed by atoms with E-state index in [4.69, 9.17) is 4.74 Å². The zero-order chi connectivity index (χ0) is 14.6. The van der Waals surface area contributed by atoms with Crippen molar-refractivity contribution in [3.63, 3.8) is 0 Å². The lowest BCUT2D eigenvalue weighted by molar-refractivity contribution is 0.0728. The molecule has 0 spiro atoms. The molecule has 5 heteroatoms. The Morgan fingerprint density at radius 2 is 2.40 bits per heavy atom. The van der Waals surface area contributed by atoms with Crippen LogP contribution in [0, 0.1) is 0 Å². The highest BCUT2D eigenvalue weighted by molar-refractivity contribution is 5.99. The molecule has 2 atom stereocenters. The first-order valence-corrected chi connectivity index (χ1v) is 7.19.